The fourth-order valence-corrected chi connectivity index (χ4v) is 2.63. The Morgan fingerprint density at radius 3 is 3.00 bits per heavy atom. The smallest absolute Gasteiger partial charge is 0.138 e. The van der Waals surface area contributed by atoms with E-state index in [1.165, 1.54) is 0 Å². The number of ether oxygens (including phenoxy) is 1. The molecule has 2 aliphatic heterocycles. The van der Waals surface area contributed by atoms with Crippen LogP contribution in [0.15, 0.2) is 35.3 Å². The van der Waals surface area contributed by atoms with Crippen LogP contribution in [-0.2, 0) is 0 Å². The van der Waals surface area contributed by atoms with E-state index in [1.807, 2.05) is 24.4 Å². The van der Waals surface area contributed by atoms with Crippen LogP contribution in [0.5, 0.6) is 11.5 Å². The van der Waals surface area contributed by atoms with Crippen molar-refractivity contribution in [1.82, 2.24) is 0 Å². The molecule has 0 unspecified atom stereocenters. The minimum atomic E-state index is 0.242. The predicted molar refractivity (Wildman–Crippen MR) is 75.1 cm³/mol. The highest BCUT2D eigenvalue weighted by Gasteiger charge is 2.17. The van der Waals surface area contributed by atoms with Gasteiger partial charge in [-0.15, -0.1) is 0 Å². The Balaban J connectivity index is 2.13. The lowest BCUT2D eigenvalue weighted by molar-refractivity contribution is 0.468. The number of aliphatic imine (C=N–C) groups is 1. The summed E-state index contributed by atoms with van der Waals surface area (Å²) in [5.41, 5.74) is 2.70. The van der Waals surface area contributed by atoms with E-state index in [0.29, 0.717) is 5.75 Å². The third-order valence-electron chi connectivity index (χ3n) is 3.50. The summed E-state index contributed by atoms with van der Waals surface area (Å²) in [6.07, 6.45) is 6.59. The molecule has 0 bridgehead atoms. The normalized spacial score (nSPS) is 14.3. The van der Waals surface area contributed by atoms with Crippen molar-refractivity contribution >= 4 is 24.2 Å². The van der Waals surface area contributed by atoms with Crippen LogP contribution in [0.3, 0.4) is 0 Å². The van der Waals surface area contributed by atoms with Gasteiger partial charge in [0.2, 0.25) is 0 Å². The number of phenolic OH excluding ortho intramolecular Hbond substituents is 1. The molecule has 0 aliphatic carbocycles. The van der Waals surface area contributed by atoms with Crippen molar-refractivity contribution in [2.75, 3.05) is 0 Å². The van der Waals surface area contributed by atoms with Gasteiger partial charge in [0.05, 0.1) is 17.5 Å². The van der Waals surface area contributed by atoms with E-state index in [-0.39, 0.29) is 5.75 Å². The molecule has 0 saturated carbocycles. The minimum absolute atomic E-state index is 0.242. The van der Waals surface area contributed by atoms with Crippen LogP contribution in [-0.4, -0.2) is 11.3 Å². The zero-order valence-electron chi connectivity index (χ0n) is 10.1. The molecule has 4 rings (SSSR count). The molecule has 19 heavy (non-hydrogen) atoms. The monoisotopic (exact) mass is 249 g/mol. The van der Waals surface area contributed by atoms with Gasteiger partial charge in [-0.1, -0.05) is 18.2 Å². The SMILES string of the molecule is Oc1cccc2c1-c1ccc3c(c1=CO2)=CCC=N3. The van der Waals surface area contributed by atoms with Crippen molar-refractivity contribution in [2.45, 2.75) is 6.42 Å². The first-order valence-electron chi connectivity index (χ1n) is 6.19. The van der Waals surface area contributed by atoms with Crippen LogP contribution >= 0.6 is 0 Å². The van der Waals surface area contributed by atoms with E-state index in [9.17, 15) is 5.11 Å². The fraction of sp³-hybridized carbons (Fsp3) is 0.0625. The van der Waals surface area contributed by atoms with Gasteiger partial charge >= 0.3 is 0 Å². The third-order valence-corrected chi connectivity index (χ3v) is 3.50. The zero-order chi connectivity index (χ0) is 12.8. The Bertz CT molecular complexity index is 835. The summed E-state index contributed by atoms with van der Waals surface area (Å²) >= 11 is 0. The summed E-state index contributed by atoms with van der Waals surface area (Å²) in [5, 5.41) is 12.1. The summed E-state index contributed by atoms with van der Waals surface area (Å²) in [6, 6.07) is 9.29. The van der Waals surface area contributed by atoms with Crippen LogP contribution in [0.4, 0.5) is 5.69 Å². The molecular formula is C16H11NO2. The Labute approximate surface area is 109 Å². The number of benzene rings is 2. The van der Waals surface area contributed by atoms with Crippen molar-refractivity contribution in [3.8, 4) is 22.6 Å². The van der Waals surface area contributed by atoms with Crippen molar-refractivity contribution in [3.63, 3.8) is 0 Å². The summed E-state index contributed by atoms with van der Waals surface area (Å²) < 4.78 is 5.64. The minimum Gasteiger partial charge on any atom is -0.507 e. The van der Waals surface area contributed by atoms with E-state index in [1.54, 1.807) is 18.4 Å². The highest BCUT2D eigenvalue weighted by molar-refractivity contribution is 5.82. The van der Waals surface area contributed by atoms with Crippen molar-refractivity contribution in [1.29, 1.82) is 0 Å². The average molecular weight is 249 g/mol. The lowest BCUT2D eigenvalue weighted by Gasteiger charge is -2.17. The van der Waals surface area contributed by atoms with Crippen LogP contribution in [0, 0.1) is 0 Å². The van der Waals surface area contributed by atoms with Gasteiger partial charge in [-0.2, -0.15) is 0 Å². The first-order valence-corrected chi connectivity index (χ1v) is 6.19. The van der Waals surface area contributed by atoms with Gasteiger partial charge in [0.15, 0.2) is 0 Å². The number of aromatic hydroxyl groups is 1. The highest BCUT2D eigenvalue weighted by atomic mass is 16.5. The number of hydrogen-bond acceptors (Lipinski definition) is 3. The van der Waals surface area contributed by atoms with E-state index >= 15 is 0 Å². The molecule has 0 saturated heterocycles. The molecule has 3 nitrogen and oxygen atoms in total. The maximum atomic E-state index is 10.1. The molecule has 3 heteroatoms. The Hall–Kier alpha value is -2.55. The molecule has 0 atom stereocenters. The second-order valence-corrected chi connectivity index (χ2v) is 4.60. The summed E-state index contributed by atoms with van der Waals surface area (Å²) in [5.74, 6) is 0.929. The van der Waals surface area contributed by atoms with Crippen LogP contribution in [0.1, 0.15) is 6.42 Å². The molecule has 0 aromatic heterocycles. The summed E-state index contributed by atoms with van der Waals surface area (Å²) in [7, 11) is 0. The standard InChI is InChI=1S/C16H11NO2/c18-14-4-1-5-15-16(14)11-6-7-13-10(3-2-8-17-13)12(11)9-19-15/h1,3-9,18H,2H2. The molecule has 0 amide bonds. The van der Waals surface area contributed by atoms with E-state index in [4.69, 9.17) is 4.74 Å². The van der Waals surface area contributed by atoms with Crippen LogP contribution in [0.2, 0.25) is 0 Å². The number of hydrogen-bond donors (Lipinski definition) is 1. The Kier molecular flexibility index (Phi) is 2.03. The number of phenols is 1. The zero-order valence-corrected chi connectivity index (χ0v) is 10.1. The highest BCUT2D eigenvalue weighted by Crippen LogP contribution is 2.37. The average Bonchev–Trinajstić information content (AvgIpc) is 2.46. The first kappa shape index (κ1) is 10.4. The molecule has 0 spiro atoms. The first-order chi connectivity index (χ1) is 9.34. The van der Waals surface area contributed by atoms with Gasteiger partial charge < -0.3 is 9.84 Å². The largest absolute Gasteiger partial charge is 0.507 e. The van der Waals surface area contributed by atoms with Gasteiger partial charge in [0, 0.05) is 28.6 Å². The van der Waals surface area contributed by atoms with Gasteiger partial charge in [-0.3, -0.25) is 4.99 Å². The van der Waals surface area contributed by atoms with Crippen molar-refractivity contribution in [3.05, 3.63) is 40.8 Å². The van der Waals surface area contributed by atoms with Gasteiger partial charge in [-0.25, -0.2) is 0 Å². The maximum Gasteiger partial charge on any atom is 0.138 e. The van der Waals surface area contributed by atoms with Gasteiger partial charge in [0.25, 0.3) is 0 Å². The van der Waals surface area contributed by atoms with Crippen LogP contribution < -0.4 is 15.2 Å². The Morgan fingerprint density at radius 2 is 2.05 bits per heavy atom. The third kappa shape index (κ3) is 1.41. The van der Waals surface area contributed by atoms with E-state index < -0.39 is 0 Å². The lowest BCUT2D eigenvalue weighted by atomic mass is 9.97. The molecule has 1 N–H and O–H groups in total. The van der Waals surface area contributed by atoms with E-state index in [0.717, 1.165) is 33.7 Å². The molecule has 2 heterocycles. The molecule has 2 aliphatic rings. The number of rotatable bonds is 0. The van der Waals surface area contributed by atoms with Crippen molar-refractivity contribution < 1.29 is 9.84 Å². The predicted octanol–water partition coefficient (Wildman–Crippen LogP) is 2.08. The lowest BCUT2D eigenvalue weighted by Crippen LogP contribution is -2.30. The fourth-order valence-electron chi connectivity index (χ4n) is 2.63. The summed E-state index contributed by atoms with van der Waals surface area (Å²) in [4.78, 5) is 4.39. The molecule has 0 radical (unpaired) electrons. The Morgan fingerprint density at radius 1 is 1.11 bits per heavy atom. The molecule has 2 aromatic carbocycles. The molecule has 0 fully saturated rings. The second-order valence-electron chi connectivity index (χ2n) is 4.60. The van der Waals surface area contributed by atoms with Gasteiger partial charge in [0.1, 0.15) is 11.5 Å². The maximum absolute atomic E-state index is 10.1. The topological polar surface area (TPSA) is 41.8 Å². The molecule has 92 valence electrons. The van der Waals surface area contributed by atoms with Crippen LogP contribution in [0.25, 0.3) is 23.5 Å². The number of nitrogens with zero attached hydrogens (tertiary/aromatic N) is 1. The molecule has 2 aromatic rings. The summed E-state index contributed by atoms with van der Waals surface area (Å²) in [6.45, 7) is 0. The number of fused-ring (bicyclic) bond motifs is 5. The quantitative estimate of drug-likeness (QED) is 0.776. The van der Waals surface area contributed by atoms with Gasteiger partial charge in [-0.05, 0) is 18.2 Å². The molecular weight excluding hydrogens is 238 g/mol. The van der Waals surface area contributed by atoms with Crippen molar-refractivity contribution in [2.24, 2.45) is 4.99 Å². The second kappa shape index (κ2) is 3.72. The van der Waals surface area contributed by atoms with E-state index in [2.05, 4.69) is 11.1 Å².